The van der Waals surface area contributed by atoms with Crippen LogP contribution in [0.4, 0.5) is 0 Å². The molecule has 0 amide bonds. The molecule has 76 valence electrons. The molecule has 0 spiro atoms. The van der Waals surface area contributed by atoms with Crippen LogP contribution in [-0.4, -0.2) is 12.4 Å². The molecule has 3 N–H and O–H groups in total. The van der Waals surface area contributed by atoms with Gasteiger partial charge in [-0.2, -0.15) is 0 Å². The lowest BCUT2D eigenvalue weighted by atomic mass is 10.1. The Kier molecular flexibility index (Phi) is 3.92. The summed E-state index contributed by atoms with van der Waals surface area (Å²) in [4.78, 5) is 4.21. The number of hydrogen-bond donors (Lipinski definition) is 2. The number of hydrogen-bond acceptors (Lipinski definition) is 2. The molecule has 1 aromatic carbocycles. The zero-order valence-corrected chi connectivity index (χ0v) is 9.10. The number of rotatable bonds is 2. The molecule has 0 fully saturated rings. The van der Waals surface area contributed by atoms with Gasteiger partial charge >= 0.3 is 0 Å². The third-order valence-corrected chi connectivity index (χ3v) is 2.40. The van der Waals surface area contributed by atoms with Gasteiger partial charge in [-0.25, -0.2) is 5.84 Å². The second-order valence-corrected chi connectivity index (χ2v) is 3.28. The monoisotopic (exact) mass is 211 g/mol. The fourth-order valence-electron chi connectivity index (χ4n) is 1.20. The second kappa shape index (κ2) is 4.98. The summed E-state index contributed by atoms with van der Waals surface area (Å²) in [6.07, 6.45) is 0. The molecule has 14 heavy (non-hydrogen) atoms. The molecule has 0 aliphatic carbocycles. The van der Waals surface area contributed by atoms with E-state index in [0.717, 1.165) is 11.1 Å². The number of halogens is 1. The van der Waals surface area contributed by atoms with Crippen molar-refractivity contribution in [2.75, 3.05) is 6.54 Å². The van der Waals surface area contributed by atoms with E-state index in [-0.39, 0.29) is 0 Å². The Morgan fingerprint density at radius 2 is 2.29 bits per heavy atom. The van der Waals surface area contributed by atoms with Crippen LogP contribution < -0.4 is 11.3 Å². The van der Waals surface area contributed by atoms with Crippen molar-refractivity contribution in [3.05, 3.63) is 34.3 Å². The maximum absolute atomic E-state index is 6.13. The third-order valence-electron chi connectivity index (χ3n) is 1.90. The molecule has 4 heteroatoms. The Morgan fingerprint density at radius 1 is 1.57 bits per heavy atom. The first kappa shape index (κ1) is 11.0. The van der Waals surface area contributed by atoms with Crippen LogP contribution in [-0.2, 0) is 0 Å². The number of aryl methyl sites for hydroxylation is 1. The van der Waals surface area contributed by atoms with Gasteiger partial charge in [-0.1, -0.05) is 23.7 Å². The van der Waals surface area contributed by atoms with Gasteiger partial charge in [-0.15, -0.1) is 0 Å². The van der Waals surface area contributed by atoms with Crippen LogP contribution in [0, 0.1) is 6.92 Å². The van der Waals surface area contributed by atoms with Gasteiger partial charge in [0.2, 0.25) is 0 Å². The minimum absolute atomic E-state index is 0.626. The van der Waals surface area contributed by atoms with E-state index in [4.69, 9.17) is 17.4 Å². The van der Waals surface area contributed by atoms with E-state index in [2.05, 4.69) is 10.4 Å². The predicted molar refractivity (Wildman–Crippen MR) is 60.6 cm³/mol. The van der Waals surface area contributed by atoms with Gasteiger partial charge in [0.15, 0.2) is 0 Å². The van der Waals surface area contributed by atoms with Gasteiger partial charge in [-0.3, -0.25) is 4.99 Å². The Labute approximate surface area is 88.9 Å². The van der Waals surface area contributed by atoms with Gasteiger partial charge in [0.1, 0.15) is 5.84 Å². The summed E-state index contributed by atoms with van der Waals surface area (Å²) in [6.45, 7) is 4.57. The number of amidine groups is 1. The number of hydrazine groups is 1. The van der Waals surface area contributed by atoms with Gasteiger partial charge in [0.25, 0.3) is 0 Å². The fourth-order valence-corrected chi connectivity index (χ4v) is 1.41. The Hall–Kier alpha value is -1.06. The maximum atomic E-state index is 6.13. The number of nitrogens with one attached hydrogen (secondary N) is 1. The van der Waals surface area contributed by atoms with E-state index < -0.39 is 0 Å². The van der Waals surface area contributed by atoms with Crippen molar-refractivity contribution in [3.63, 3.8) is 0 Å². The lowest BCUT2D eigenvalue weighted by Crippen LogP contribution is -2.31. The highest BCUT2D eigenvalue weighted by molar-refractivity contribution is 6.34. The van der Waals surface area contributed by atoms with E-state index in [9.17, 15) is 0 Å². The van der Waals surface area contributed by atoms with Crippen LogP contribution in [0.3, 0.4) is 0 Å². The molecule has 0 bridgehead atoms. The molecule has 0 saturated heterocycles. The summed E-state index contributed by atoms with van der Waals surface area (Å²) < 4.78 is 0. The van der Waals surface area contributed by atoms with Crippen LogP contribution in [0.5, 0.6) is 0 Å². The highest BCUT2D eigenvalue weighted by Crippen LogP contribution is 2.20. The standard InChI is InChI=1S/C10H14ClN3/c1-3-13-10(14-12)8-6-4-5-7(2)9(8)11/h4-6H,3,12H2,1-2H3,(H,13,14). The van der Waals surface area contributed by atoms with Crippen LogP contribution in [0.1, 0.15) is 18.1 Å². The van der Waals surface area contributed by atoms with Crippen molar-refractivity contribution in [3.8, 4) is 0 Å². The van der Waals surface area contributed by atoms with Crippen LogP contribution in [0.15, 0.2) is 23.2 Å². The zero-order valence-electron chi connectivity index (χ0n) is 8.34. The fraction of sp³-hybridized carbons (Fsp3) is 0.300. The minimum Gasteiger partial charge on any atom is -0.308 e. The van der Waals surface area contributed by atoms with Crippen LogP contribution in [0.2, 0.25) is 5.02 Å². The predicted octanol–water partition coefficient (Wildman–Crippen LogP) is 1.88. The van der Waals surface area contributed by atoms with E-state index in [1.54, 1.807) is 0 Å². The topological polar surface area (TPSA) is 50.4 Å². The molecular formula is C10H14ClN3. The molecule has 1 aromatic rings. The van der Waals surface area contributed by atoms with Gasteiger partial charge in [0, 0.05) is 12.1 Å². The average Bonchev–Trinajstić information content (AvgIpc) is 2.19. The highest BCUT2D eigenvalue weighted by Gasteiger charge is 2.07. The largest absolute Gasteiger partial charge is 0.308 e. The first-order chi connectivity index (χ1) is 6.70. The quantitative estimate of drug-likeness (QED) is 0.340. The Balaban J connectivity index is 3.17. The van der Waals surface area contributed by atoms with Gasteiger partial charge in [-0.05, 0) is 25.5 Å². The molecule has 0 atom stereocenters. The minimum atomic E-state index is 0.626. The van der Waals surface area contributed by atoms with Crippen molar-refractivity contribution < 1.29 is 0 Å². The third kappa shape index (κ3) is 2.25. The molecule has 0 aliphatic heterocycles. The number of nitrogens with zero attached hydrogens (tertiary/aromatic N) is 1. The maximum Gasteiger partial charge on any atom is 0.144 e. The van der Waals surface area contributed by atoms with Crippen molar-refractivity contribution >= 4 is 17.4 Å². The van der Waals surface area contributed by atoms with Crippen molar-refractivity contribution in [1.29, 1.82) is 0 Å². The summed E-state index contributed by atoms with van der Waals surface area (Å²) in [5.41, 5.74) is 4.41. The smallest absolute Gasteiger partial charge is 0.144 e. The Morgan fingerprint density at radius 3 is 2.86 bits per heavy atom. The molecule has 0 radical (unpaired) electrons. The number of aliphatic imine (C=N–C) groups is 1. The molecular weight excluding hydrogens is 198 g/mol. The molecule has 0 unspecified atom stereocenters. The lowest BCUT2D eigenvalue weighted by Gasteiger charge is -2.08. The molecule has 3 nitrogen and oxygen atoms in total. The molecule has 0 heterocycles. The normalized spacial score (nSPS) is 11.6. The lowest BCUT2D eigenvalue weighted by molar-refractivity contribution is 0.991. The van der Waals surface area contributed by atoms with Crippen molar-refractivity contribution in [2.24, 2.45) is 10.8 Å². The molecule has 0 aromatic heterocycles. The molecule has 0 aliphatic rings. The first-order valence-corrected chi connectivity index (χ1v) is 4.85. The van der Waals surface area contributed by atoms with Crippen LogP contribution in [0.25, 0.3) is 0 Å². The average molecular weight is 212 g/mol. The second-order valence-electron chi connectivity index (χ2n) is 2.90. The van der Waals surface area contributed by atoms with E-state index >= 15 is 0 Å². The first-order valence-electron chi connectivity index (χ1n) is 4.47. The summed E-state index contributed by atoms with van der Waals surface area (Å²) in [6, 6.07) is 5.77. The molecule has 1 rings (SSSR count). The van der Waals surface area contributed by atoms with Crippen molar-refractivity contribution in [1.82, 2.24) is 5.43 Å². The van der Waals surface area contributed by atoms with E-state index in [1.165, 1.54) is 0 Å². The van der Waals surface area contributed by atoms with Crippen molar-refractivity contribution in [2.45, 2.75) is 13.8 Å². The molecule has 0 saturated carbocycles. The summed E-state index contributed by atoms with van der Waals surface area (Å²) in [7, 11) is 0. The van der Waals surface area contributed by atoms with E-state index in [1.807, 2.05) is 32.0 Å². The number of nitrogens with two attached hydrogens (primary N) is 1. The summed E-state index contributed by atoms with van der Waals surface area (Å²) >= 11 is 6.13. The summed E-state index contributed by atoms with van der Waals surface area (Å²) in [5, 5.41) is 0.692. The number of benzene rings is 1. The summed E-state index contributed by atoms with van der Waals surface area (Å²) in [5.74, 6) is 6.00. The van der Waals surface area contributed by atoms with E-state index in [0.29, 0.717) is 17.4 Å². The van der Waals surface area contributed by atoms with Crippen LogP contribution >= 0.6 is 11.6 Å². The van der Waals surface area contributed by atoms with Gasteiger partial charge in [0.05, 0.1) is 5.02 Å². The zero-order chi connectivity index (χ0) is 10.6. The SMILES string of the molecule is CCN=C(NN)c1cccc(C)c1Cl. The Bertz CT molecular complexity index is 347. The van der Waals surface area contributed by atoms with Gasteiger partial charge < -0.3 is 5.43 Å². The highest BCUT2D eigenvalue weighted by atomic mass is 35.5.